The summed E-state index contributed by atoms with van der Waals surface area (Å²) in [6.45, 7) is 1.96. The molecule has 2 aromatic rings. The number of aryl methyl sites for hydroxylation is 1. The number of anilines is 1. The van der Waals surface area contributed by atoms with Crippen LogP contribution in [0.2, 0.25) is 0 Å². The second kappa shape index (κ2) is 7.51. The van der Waals surface area contributed by atoms with Crippen molar-refractivity contribution < 1.29 is 9.59 Å². The van der Waals surface area contributed by atoms with Gasteiger partial charge in [0.2, 0.25) is 5.91 Å². The number of nitrogens with one attached hydrogen (secondary N) is 1. The SMILES string of the molecule is Cc1ccc(NC(=O)/C=C/C(=O)c2ccc(Br)cc2)cc1Br. The lowest BCUT2D eigenvalue weighted by Gasteiger charge is -2.04. The van der Waals surface area contributed by atoms with Crippen molar-refractivity contribution in [2.75, 3.05) is 5.32 Å². The quantitative estimate of drug-likeness (QED) is 0.562. The number of halogens is 2. The summed E-state index contributed by atoms with van der Waals surface area (Å²) in [5.41, 5.74) is 2.28. The lowest BCUT2D eigenvalue weighted by atomic mass is 10.1. The van der Waals surface area contributed by atoms with Crippen LogP contribution >= 0.6 is 31.9 Å². The Balaban J connectivity index is 2.00. The first-order valence-electron chi connectivity index (χ1n) is 6.51. The van der Waals surface area contributed by atoms with Gasteiger partial charge in [-0.3, -0.25) is 9.59 Å². The average Bonchev–Trinajstić information content (AvgIpc) is 2.49. The fourth-order valence-corrected chi connectivity index (χ4v) is 2.36. The van der Waals surface area contributed by atoms with E-state index in [2.05, 4.69) is 37.2 Å². The van der Waals surface area contributed by atoms with Crippen molar-refractivity contribution in [3.8, 4) is 0 Å². The van der Waals surface area contributed by atoms with Crippen LogP contribution in [0, 0.1) is 6.92 Å². The molecule has 2 aromatic carbocycles. The van der Waals surface area contributed by atoms with Crippen LogP contribution < -0.4 is 5.32 Å². The highest BCUT2D eigenvalue weighted by molar-refractivity contribution is 9.10. The molecule has 0 bridgehead atoms. The van der Waals surface area contributed by atoms with Gasteiger partial charge < -0.3 is 5.32 Å². The minimum absolute atomic E-state index is 0.215. The van der Waals surface area contributed by atoms with E-state index in [1.807, 2.05) is 25.1 Å². The predicted octanol–water partition coefficient (Wildman–Crippen LogP) is 4.90. The monoisotopic (exact) mass is 421 g/mol. The molecule has 5 heteroatoms. The zero-order valence-electron chi connectivity index (χ0n) is 11.8. The highest BCUT2D eigenvalue weighted by Crippen LogP contribution is 2.20. The summed E-state index contributed by atoms with van der Waals surface area (Å²) in [6, 6.07) is 12.5. The molecular formula is C17H13Br2NO2. The number of rotatable bonds is 4. The zero-order chi connectivity index (χ0) is 16.1. The molecule has 0 aromatic heterocycles. The van der Waals surface area contributed by atoms with Gasteiger partial charge in [-0.2, -0.15) is 0 Å². The number of allylic oxidation sites excluding steroid dienone is 1. The standard InChI is InChI=1S/C17H13Br2NO2/c1-11-2-7-14(10-15(11)19)20-17(22)9-8-16(21)12-3-5-13(18)6-4-12/h2-10H,1H3,(H,20,22)/b9-8+. The Kier molecular flexibility index (Phi) is 5.69. The van der Waals surface area contributed by atoms with Crippen LogP contribution in [0.1, 0.15) is 15.9 Å². The first-order chi connectivity index (χ1) is 10.5. The van der Waals surface area contributed by atoms with Gasteiger partial charge in [-0.15, -0.1) is 0 Å². The fourth-order valence-electron chi connectivity index (χ4n) is 1.72. The lowest BCUT2D eigenvalue weighted by Crippen LogP contribution is -2.08. The second-order valence-corrected chi connectivity index (χ2v) is 6.43. The molecule has 0 unspecified atom stereocenters. The van der Waals surface area contributed by atoms with E-state index < -0.39 is 0 Å². The molecule has 0 radical (unpaired) electrons. The van der Waals surface area contributed by atoms with E-state index in [1.165, 1.54) is 12.2 Å². The Hall–Kier alpha value is -1.72. The summed E-state index contributed by atoms with van der Waals surface area (Å²) < 4.78 is 1.82. The van der Waals surface area contributed by atoms with Crippen LogP contribution in [0.3, 0.4) is 0 Å². The van der Waals surface area contributed by atoms with Gasteiger partial charge in [-0.25, -0.2) is 0 Å². The molecule has 0 aliphatic carbocycles. The van der Waals surface area contributed by atoms with Gasteiger partial charge >= 0.3 is 0 Å². The number of benzene rings is 2. The van der Waals surface area contributed by atoms with Gasteiger partial charge in [0.25, 0.3) is 0 Å². The van der Waals surface area contributed by atoms with E-state index in [1.54, 1.807) is 24.3 Å². The molecule has 0 atom stereocenters. The van der Waals surface area contributed by atoms with E-state index in [0.29, 0.717) is 11.3 Å². The molecular weight excluding hydrogens is 410 g/mol. The maximum Gasteiger partial charge on any atom is 0.248 e. The number of hydrogen-bond donors (Lipinski definition) is 1. The van der Waals surface area contributed by atoms with E-state index in [-0.39, 0.29) is 11.7 Å². The molecule has 0 saturated carbocycles. The van der Waals surface area contributed by atoms with Gasteiger partial charge in [-0.05, 0) is 55.0 Å². The molecule has 112 valence electrons. The number of carbonyl (C=O) groups excluding carboxylic acids is 2. The molecule has 0 spiro atoms. The van der Waals surface area contributed by atoms with Gasteiger partial charge in [-0.1, -0.05) is 37.9 Å². The third-order valence-corrected chi connectivity index (χ3v) is 4.34. The first-order valence-corrected chi connectivity index (χ1v) is 8.09. The van der Waals surface area contributed by atoms with Gasteiger partial charge in [0.05, 0.1) is 0 Å². The number of amides is 1. The van der Waals surface area contributed by atoms with E-state index >= 15 is 0 Å². The molecule has 3 nitrogen and oxygen atoms in total. The third kappa shape index (κ3) is 4.64. The number of ketones is 1. The minimum atomic E-state index is -0.346. The summed E-state index contributed by atoms with van der Waals surface area (Å²) in [6.07, 6.45) is 2.50. The summed E-state index contributed by atoms with van der Waals surface area (Å²) in [5, 5.41) is 2.71. The lowest BCUT2D eigenvalue weighted by molar-refractivity contribution is -0.111. The maximum atomic E-state index is 11.9. The molecule has 1 N–H and O–H groups in total. The topological polar surface area (TPSA) is 46.2 Å². The van der Waals surface area contributed by atoms with Crippen molar-refractivity contribution in [1.82, 2.24) is 0 Å². The minimum Gasteiger partial charge on any atom is -0.322 e. The van der Waals surface area contributed by atoms with Crippen LogP contribution in [0.5, 0.6) is 0 Å². The molecule has 22 heavy (non-hydrogen) atoms. The molecule has 0 saturated heterocycles. The van der Waals surface area contributed by atoms with Crippen LogP contribution in [0.4, 0.5) is 5.69 Å². The van der Waals surface area contributed by atoms with E-state index in [9.17, 15) is 9.59 Å². The van der Waals surface area contributed by atoms with Crippen molar-refractivity contribution >= 4 is 49.2 Å². The van der Waals surface area contributed by atoms with Crippen molar-refractivity contribution in [1.29, 1.82) is 0 Å². The van der Waals surface area contributed by atoms with Crippen molar-refractivity contribution in [2.24, 2.45) is 0 Å². The molecule has 1 amide bonds. The van der Waals surface area contributed by atoms with Crippen LogP contribution in [0.25, 0.3) is 0 Å². The zero-order valence-corrected chi connectivity index (χ0v) is 14.9. The normalized spacial score (nSPS) is 10.7. The largest absolute Gasteiger partial charge is 0.322 e. The molecule has 0 aliphatic rings. The smallest absolute Gasteiger partial charge is 0.248 e. The number of carbonyl (C=O) groups is 2. The van der Waals surface area contributed by atoms with Crippen molar-refractivity contribution in [2.45, 2.75) is 6.92 Å². The van der Waals surface area contributed by atoms with Crippen molar-refractivity contribution in [3.05, 3.63) is 74.7 Å². The van der Waals surface area contributed by atoms with Crippen LogP contribution in [-0.2, 0) is 4.79 Å². The third-order valence-electron chi connectivity index (χ3n) is 2.95. The highest BCUT2D eigenvalue weighted by Gasteiger charge is 2.04. The molecule has 0 aliphatic heterocycles. The summed E-state index contributed by atoms with van der Waals surface area (Å²) in [5.74, 6) is -0.561. The predicted molar refractivity (Wildman–Crippen MR) is 95.1 cm³/mol. The summed E-state index contributed by atoms with van der Waals surface area (Å²) in [4.78, 5) is 23.7. The Bertz CT molecular complexity index is 737. The van der Waals surface area contributed by atoms with Gasteiger partial charge in [0, 0.05) is 26.3 Å². The maximum absolute atomic E-state index is 11.9. The fraction of sp³-hybridized carbons (Fsp3) is 0.0588. The molecule has 0 heterocycles. The number of hydrogen-bond acceptors (Lipinski definition) is 2. The average molecular weight is 423 g/mol. The van der Waals surface area contributed by atoms with Crippen LogP contribution in [0.15, 0.2) is 63.6 Å². The first kappa shape index (κ1) is 16.6. The molecule has 2 rings (SSSR count). The molecule has 0 fully saturated rings. The Labute approximate surface area is 145 Å². The van der Waals surface area contributed by atoms with Crippen LogP contribution in [-0.4, -0.2) is 11.7 Å². The van der Waals surface area contributed by atoms with Gasteiger partial charge in [0.1, 0.15) is 0 Å². The van der Waals surface area contributed by atoms with E-state index in [0.717, 1.165) is 14.5 Å². The Morgan fingerprint density at radius 2 is 1.68 bits per heavy atom. The summed E-state index contributed by atoms with van der Waals surface area (Å²) >= 11 is 6.71. The summed E-state index contributed by atoms with van der Waals surface area (Å²) in [7, 11) is 0. The van der Waals surface area contributed by atoms with E-state index in [4.69, 9.17) is 0 Å². The second-order valence-electron chi connectivity index (χ2n) is 4.66. The van der Waals surface area contributed by atoms with Crippen molar-refractivity contribution in [3.63, 3.8) is 0 Å². The Morgan fingerprint density at radius 1 is 1.00 bits per heavy atom. The Morgan fingerprint density at radius 3 is 2.32 bits per heavy atom. The highest BCUT2D eigenvalue weighted by atomic mass is 79.9. The van der Waals surface area contributed by atoms with Gasteiger partial charge in [0.15, 0.2) is 5.78 Å².